The second-order valence-corrected chi connectivity index (χ2v) is 5.19. The van der Waals surface area contributed by atoms with Gasteiger partial charge in [-0.1, -0.05) is 31.7 Å². The van der Waals surface area contributed by atoms with E-state index >= 15 is 0 Å². The molecular formula is C19H19N3O. The highest BCUT2D eigenvalue weighted by molar-refractivity contribution is 5.84. The third-order valence-corrected chi connectivity index (χ3v) is 3.86. The maximum atomic E-state index is 6.26. The van der Waals surface area contributed by atoms with Gasteiger partial charge < -0.3 is 10.5 Å². The zero-order valence-electron chi connectivity index (χ0n) is 12.2. The average Bonchev–Trinajstić information content (AvgIpc) is 2.93. The van der Waals surface area contributed by atoms with Gasteiger partial charge in [-0.2, -0.15) is 0 Å². The summed E-state index contributed by atoms with van der Waals surface area (Å²) < 4.78 is 7.17. The van der Waals surface area contributed by atoms with Crippen LogP contribution < -0.4 is 10.5 Å². The van der Waals surface area contributed by atoms with Crippen LogP contribution in [0.3, 0.4) is 0 Å². The van der Waals surface area contributed by atoms with Gasteiger partial charge in [-0.05, 0) is 47.5 Å². The number of nitrogens with zero attached hydrogens (tertiary/aromatic N) is 2. The van der Waals surface area contributed by atoms with Crippen molar-refractivity contribution in [2.45, 2.75) is 7.43 Å². The van der Waals surface area contributed by atoms with Crippen LogP contribution in [-0.4, -0.2) is 16.5 Å². The zero-order valence-corrected chi connectivity index (χ0v) is 12.2. The van der Waals surface area contributed by atoms with E-state index < -0.39 is 0 Å². The molecular weight excluding hydrogens is 286 g/mol. The normalized spacial score (nSPS) is 10.7. The molecule has 2 heterocycles. The molecule has 4 rings (SSSR count). The Balaban J connectivity index is 0.00000156. The molecule has 0 aliphatic rings. The summed E-state index contributed by atoms with van der Waals surface area (Å²) in [5, 5.41) is 0. The molecule has 0 aliphatic heterocycles. The number of benzene rings is 2. The van der Waals surface area contributed by atoms with E-state index in [1.165, 1.54) is 0 Å². The standard InChI is InChI=1S/C18H15N3O.CH4/c1-22-14-8-6-12(7-9-14)13-10-17(19)21-16-5-3-2-4-15(16)20-18(21)11-13;/h2-11H,19H2,1H3;1H4. The Morgan fingerprint density at radius 1 is 0.957 bits per heavy atom. The topological polar surface area (TPSA) is 52.5 Å². The van der Waals surface area contributed by atoms with Crippen molar-refractivity contribution in [3.8, 4) is 16.9 Å². The number of hydrogen-bond acceptors (Lipinski definition) is 3. The smallest absolute Gasteiger partial charge is 0.140 e. The number of pyridine rings is 1. The molecule has 4 heteroatoms. The van der Waals surface area contributed by atoms with Gasteiger partial charge in [-0.25, -0.2) is 4.98 Å². The Labute approximate surface area is 135 Å². The van der Waals surface area contributed by atoms with E-state index in [-0.39, 0.29) is 7.43 Å². The van der Waals surface area contributed by atoms with E-state index in [2.05, 4.69) is 11.1 Å². The molecule has 0 bridgehead atoms. The van der Waals surface area contributed by atoms with E-state index in [0.717, 1.165) is 33.6 Å². The highest BCUT2D eigenvalue weighted by Crippen LogP contribution is 2.28. The molecule has 4 nitrogen and oxygen atoms in total. The molecule has 0 amide bonds. The molecule has 116 valence electrons. The van der Waals surface area contributed by atoms with E-state index in [1.54, 1.807) is 7.11 Å². The molecule has 0 saturated heterocycles. The van der Waals surface area contributed by atoms with Gasteiger partial charge in [0.1, 0.15) is 17.2 Å². The monoisotopic (exact) mass is 305 g/mol. The Bertz CT molecular complexity index is 971. The van der Waals surface area contributed by atoms with Crippen LogP contribution in [0.2, 0.25) is 0 Å². The number of fused-ring (bicyclic) bond motifs is 3. The second-order valence-electron chi connectivity index (χ2n) is 5.19. The second kappa shape index (κ2) is 5.65. The van der Waals surface area contributed by atoms with Crippen LogP contribution in [0.15, 0.2) is 60.7 Å². The van der Waals surface area contributed by atoms with Crippen molar-refractivity contribution in [3.05, 3.63) is 60.7 Å². The van der Waals surface area contributed by atoms with Crippen molar-refractivity contribution < 1.29 is 4.74 Å². The summed E-state index contributed by atoms with van der Waals surface area (Å²) in [5.74, 6) is 1.52. The summed E-state index contributed by atoms with van der Waals surface area (Å²) in [5.41, 5.74) is 11.2. The average molecular weight is 305 g/mol. The lowest BCUT2D eigenvalue weighted by molar-refractivity contribution is 0.415. The number of rotatable bonds is 2. The van der Waals surface area contributed by atoms with Crippen LogP contribution in [0.25, 0.3) is 27.8 Å². The van der Waals surface area contributed by atoms with Crippen molar-refractivity contribution >= 4 is 22.5 Å². The summed E-state index contributed by atoms with van der Waals surface area (Å²) in [7, 11) is 1.66. The van der Waals surface area contributed by atoms with Crippen molar-refractivity contribution in [1.29, 1.82) is 0 Å². The van der Waals surface area contributed by atoms with E-state index in [9.17, 15) is 0 Å². The maximum Gasteiger partial charge on any atom is 0.140 e. The van der Waals surface area contributed by atoms with Crippen LogP contribution in [0.5, 0.6) is 5.75 Å². The first-order chi connectivity index (χ1) is 10.8. The SMILES string of the molecule is C.COc1ccc(-c2cc(N)n3c(c2)nc2ccccc23)cc1. The molecule has 0 radical (unpaired) electrons. The van der Waals surface area contributed by atoms with Gasteiger partial charge in [0.15, 0.2) is 0 Å². The molecule has 0 fully saturated rings. The third-order valence-electron chi connectivity index (χ3n) is 3.86. The van der Waals surface area contributed by atoms with E-state index in [1.807, 2.05) is 59.0 Å². The number of hydrogen-bond donors (Lipinski definition) is 1. The van der Waals surface area contributed by atoms with Crippen LogP contribution in [0, 0.1) is 0 Å². The number of nitrogens with two attached hydrogens (primary N) is 1. The summed E-state index contributed by atoms with van der Waals surface area (Å²) in [4.78, 5) is 4.65. The number of anilines is 1. The van der Waals surface area contributed by atoms with Crippen molar-refractivity contribution in [2.24, 2.45) is 0 Å². The molecule has 2 aromatic heterocycles. The van der Waals surface area contributed by atoms with E-state index in [4.69, 9.17) is 10.5 Å². The van der Waals surface area contributed by atoms with Gasteiger partial charge in [0.05, 0.1) is 18.1 Å². The largest absolute Gasteiger partial charge is 0.497 e. The molecule has 0 spiro atoms. The molecule has 2 aromatic carbocycles. The lowest BCUT2D eigenvalue weighted by atomic mass is 10.1. The Morgan fingerprint density at radius 3 is 2.43 bits per heavy atom. The van der Waals surface area contributed by atoms with Crippen molar-refractivity contribution in [3.63, 3.8) is 0 Å². The molecule has 0 aliphatic carbocycles. The number of aromatic nitrogens is 2. The van der Waals surface area contributed by atoms with Gasteiger partial charge >= 0.3 is 0 Å². The minimum atomic E-state index is 0. The van der Waals surface area contributed by atoms with Crippen LogP contribution in [-0.2, 0) is 0 Å². The highest BCUT2D eigenvalue weighted by atomic mass is 16.5. The predicted octanol–water partition coefficient (Wildman–Crippen LogP) is 4.38. The maximum absolute atomic E-state index is 6.26. The fourth-order valence-electron chi connectivity index (χ4n) is 2.77. The summed E-state index contributed by atoms with van der Waals surface area (Å²) in [6, 6.07) is 20.0. The molecule has 0 saturated carbocycles. The van der Waals surface area contributed by atoms with Gasteiger partial charge in [-0.3, -0.25) is 4.40 Å². The van der Waals surface area contributed by atoms with Crippen LogP contribution in [0.4, 0.5) is 5.82 Å². The quantitative estimate of drug-likeness (QED) is 0.598. The fraction of sp³-hybridized carbons (Fsp3) is 0.105. The molecule has 0 atom stereocenters. The summed E-state index contributed by atoms with van der Waals surface area (Å²) in [6.07, 6.45) is 0. The summed E-state index contributed by atoms with van der Waals surface area (Å²) >= 11 is 0. The van der Waals surface area contributed by atoms with E-state index in [0.29, 0.717) is 5.82 Å². The first-order valence-electron chi connectivity index (χ1n) is 7.07. The number of para-hydroxylation sites is 2. The Hall–Kier alpha value is -3.01. The first kappa shape index (κ1) is 14.9. The van der Waals surface area contributed by atoms with Crippen molar-refractivity contribution in [1.82, 2.24) is 9.38 Å². The lowest BCUT2D eigenvalue weighted by Crippen LogP contribution is -1.97. The molecule has 0 unspecified atom stereocenters. The number of imidazole rings is 1. The number of methoxy groups -OCH3 is 1. The lowest BCUT2D eigenvalue weighted by Gasteiger charge is -2.07. The minimum Gasteiger partial charge on any atom is -0.497 e. The van der Waals surface area contributed by atoms with Crippen LogP contribution in [0.1, 0.15) is 7.43 Å². The third kappa shape index (κ3) is 2.38. The predicted molar refractivity (Wildman–Crippen MR) is 95.8 cm³/mol. The summed E-state index contributed by atoms with van der Waals surface area (Å²) in [6.45, 7) is 0. The van der Waals surface area contributed by atoms with Crippen LogP contribution >= 0.6 is 0 Å². The molecule has 23 heavy (non-hydrogen) atoms. The molecule has 2 N–H and O–H groups in total. The Morgan fingerprint density at radius 2 is 1.70 bits per heavy atom. The highest BCUT2D eigenvalue weighted by Gasteiger charge is 2.09. The zero-order chi connectivity index (χ0) is 15.1. The van der Waals surface area contributed by atoms with Crippen molar-refractivity contribution in [2.75, 3.05) is 12.8 Å². The fourth-order valence-corrected chi connectivity index (χ4v) is 2.77. The van der Waals surface area contributed by atoms with Gasteiger partial charge in [-0.15, -0.1) is 0 Å². The van der Waals surface area contributed by atoms with Gasteiger partial charge in [0.2, 0.25) is 0 Å². The molecule has 4 aromatic rings. The number of nitrogen functional groups attached to an aromatic ring is 1. The van der Waals surface area contributed by atoms with Gasteiger partial charge in [0, 0.05) is 0 Å². The Kier molecular flexibility index (Phi) is 3.66. The first-order valence-corrected chi connectivity index (χ1v) is 7.07. The van der Waals surface area contributed by atoms with Gasteiger partial charge in [0.25, 0.3) is 0 Å². The number of ether oxygens (including phenoxy) is 1. The minimum absolute atomic E-state index is 0.